The second-order valence-corrected chi connectivity index (χ2v) is 5.50. The molecule has 15 heavy (non-hydrogen) atoms. The maximum absolute atomic E-state index is 13.8. The average Bonchev–Trinajstić information content (AvgIpc) is 2.04. The summed E-state index contributed by atoms with van der Waals surface area (Å²) in [4.78, 5) is 0. The molecule has 0 atom stereocenters. The number of rotatable bonds is 2. The van der Waals surface area contributed by atoms with Crippen LogP contribution in [0.25, 0.3) is 0 Å². The van der Waals surface area contributed by atoms with Crippen LogP contribution in [0.15, 0.2) is 18.2 Å². The Morgan fingerprint density at radius 1 is 1.33 bits per heavy atom. The molecule has 3 aliphatic carbocycles. The first-order valence-corrected chi connectivity index (χ1v) is 5.56. The molecule has 0 unspecified atom stereocenters. The summed E-state index contributed by atoms with van der Waals surface area (Å²) in [5.41, 5.74) is 8.15. The molecule has 2 heteroatoms. The highest BCUT2D eigenvalue weighted by Gasteiger charge is 2.67. The fourth-order valence-electron chi connectivity index (χ4n) is 3.55. The number of halogens is 1. The Morgan fingerprint density at radius 2 is 2.00 bits per heavy atom. The van der Waals surface area contributed by atoms with Crippen molar-refractivity contribution in [3.63, 3.8) is 0 Å². The molecule has 3 aliphatic rings. The Hall–Kier alpha value is -0.890. The molecule has 2 N–H and O–H groups in total. The fourth-order valence-corrected chi connectivity index (χ4v) is 3.55. The van der Waals surface area contributed by atoms with Gasteiger partial charge in [0.1, 0.15) is 5.82 Å². The molecule has 3 saturated carbocycles. The van der Waals surface area contributed by atoms with Gasteiger partial charge in [-0.05, 0) is 60.8 Å². The lowest BCUT2D eigenvalue weighted by Crippen LogP contribution is -2.67. The summed E-state index contributed by atoms with van der Waals surface area (Å²) in [7, 11) is 0. The summed E-state index contributed by atoms with van der Waals surface area (Å²) in [5.74, 6) is -0.0275. The van der Waals surface area contributed by atoms with Gasteiger partial charge in [0.25, 0.3) is 0 Å². The van der Waals surface area contributed by atoms with Crippen LogP contribution in [0.3, 0.4) is 0 Å². The minimum absolute atomic E-state index is 0.0275. The van der Waals surface area contributed by atoms with Crippen molar-refractivity contribution in [2.24, 2.45) is 11.1 Å². The van der Waals surface area contributed by atoms with E-state index in [-0.39, 0.29) is 11.2 Å². The van der Waals surface area contributed by atoms with E-state index in [0.717, 1.165) is 36.9 Å². The molecule has 0 saturated heterocycles. The predicted octanol–water partition coefficient (Wildman–Crippen LogP) is 2.51. The minimum Gasteiger partial charge on any atom is -0.330 e. The van der Waals surface area contributed by atoms with Gasteiger partial charge in [0.05, 0.1) is 0 Å². The zero-order chi connectivity index (χ0) is 10.7. The van der Waals surface area contributed by atoms with E-state index in [1.54, 1.807) is 6.07 Å². The Bertz CT molecular complexity index is 405. The summed E-state index contributed by atoms with van der Waals surface area (Å²) in [6, 6.07) is 5.61. The quantitative estimate of drug-likeness (QED) is 0.788. The lowest BCUT2D eigenvalue weighted by Gasteiger charge is -2.71. The number of hydrogen-bond acceptors (Lipinski definition) is 1. The van der Waals surface area contributed by atoms with Crippen molar-refractivity contribution in [2.45, 2.75) is 31.6 Å². The van der Waals surface area contributed by atoms with Crippen molar-refractivity contribution >= 4 is 0 Å². The van der Waals surface area contributed by atoms with Gasteiger partial charge in [0.2, 0.25) is 0 Å². The van der Waals surface area contributed by atoms with Crippen LogP contribution in [-0.4, -0.2) is 6.54 Å². The zero-order valence-electron chi connectivity index (χ0n) is 9.02. The van der Waals surface area contributed by atoms with E-state index in [4.69, 9.17) is 5.73 Å². The lowest BCUT2D eigenvalue weighted by molar-refractivity contribution is -0.134. The van der Waals surface area contributed by atoms with Crippen molar-refractivity contribution in [1.29, 1.82) is 0 Å². The van der Waals surface area contributed by atoms with Crippen LogP contribution in [0.1, 0.15) is 30.4 Å². The third-order valence-electron chi connectivity index (χ3n) is 4.27. The van der Waals surface area contributed by atoms with Gasteiger partial charge in [0.15, 0.2) is 0 Å². The molecule has 0 aromatic heterocycles. The largest absolute Gasteiger partial charge is 0.330 e. The van der Waals surface area contributed by atoms with Gasteiger partial charge in [-0.25, -0.2) is 4.39 Å². The molecule has 1 aromatic rings. The number of hydrogen-bond donors (Lipinski definition) is 1. The van der Waals surface area contributed by atoms with Crippen molar-refractivity contribution in [3.8, 4) is 0 Å². The van der Waals surface area contributed by atoms with E-state index >= 15 is 0 Å². The number of benzene rings is 1. The Labute approximate surface area is 89.5 Å². The highest BCUT2D eigenvalue weighted by Crippen LogP contribution is 2.73. The van der Waals surface area contributed by atoms with E-state index in [2.05, 4.69) is 0 Å². The van der Waals surface area contributed by atoms with Gasteiger partial charge in [-0.1, -0.05) is 12.1 Å². The van der Waals surface area contributed by atoms with E-state index in [0.29, 0.717) is 5.41 Å². The van der Waals surface area contributed by atoms with Gasteiger partial charge in [-0.15, -0.1) is 0 Å². The molecule has 4 rings (SSSR count). The molecule has 0 amide bonds. The van der Waals surface area contributed by atoms with Crippen LogP contribution in [-0.2, 0) is 5.41 Å². The molecular weight excluding hydrogens is 189 g/mol. The molecule has 0 radical (unpaired) electrons. The number of nitrogens with two attached hydrogens (primary N) is 1. The van der Waals surface area contributed by atoms with Crippen molar-refractivity contribution in [2.75, 3.05) is 6.54 Å². The summed E-state index contributed by atoms with van der Waals surface area (Å²) in [5, 5.41) is 0. The van der Waals surface area contributed by atoms with Crippen molar-refractivity contribution in [1.82, 2.24) is 0 Å². The van der Waals surface area contributed by atoms with Gasteiger partial charge < -0.3 is 5.73 Å². The molecule has 1 aromatic carbocycles. The fraction of sp³-hybridized carbons (Fsp3) is 0.538. The highest BCUT2D eigenvalue weighted by molar-refractivity contribution is 5.40. The Balaban J connectivity index is 1.91. The first-order valence-electron chi connectivity index (χ1n) is 5.56. The number of aryl methyl sites for hydroxylation is 1. The molecule has 80 valence electrons. The summed E-state index contributed by atoms with van der Waals surface area (Å²) >= 11 is 0. The van der Waals surface area contributed by atoms with Gasteiger partial charge >= 0.3 is 0 Å². The Morgan fingerprint density at radius 3 is 2.53 bits per heavy atom. The lowest BCUT2D eigenvalue weighted by atomic mass is 9.33. The summed E-state index contributed by atoms with van der Waals surface area (Å²) in [6.07, 6.45) is 3.28. The second kappa shape index (κ2) is 2.62. The van der Waals surface area contributed by atoms with Crippen LogP contribution >= 0.6 is 0 Å². The molecule has 2 bridgehead atoms. The standard InChI is InChI=1S/C13H16FN/c1-9-2-3-10(11(14)4-9)13-5-12(6-13,7-13)8-15/h2-4H,5-8,15H2,1H3. The monoisotopic (exact) mass is 205 g/mol. The van der Waals surface area contributed by atoms with Crippen molar-refractivity contribution < 1.29 is 4.39 Å². The van der Waals surface area contributed by atoms with Gasteiger partial charge in [0, 0.05) is 0 Å². The van der Waals surface area contributed by atoms with Crippen LogP contribution in [0.2, 0.25) is 0 Å². The van der Waals surface area contributed by atoms with E-state index in [1.807, 2.05) is 19.1 Å². The maximum atomic E-state index is 13.8. The molecule has 1 nitrogen and oxygen atoms in total. The molecular formula is C13H16FN. The van der Waals surface area contributed by atoms with E-state index in [1.165, 1.54) is 0 Å². The van der Waals surface area contributed by atoms with E-state index in [9.17, 15) is 4.39 Å². The average molecular weight is 205 g/mol. The highest BCUT2D eigenvalue weighted by atomic mass is 19.1. The van der Waals surface area contributed by atoms with Gasteiger partial charge in [-0.2, -0.15) is 0 Å². The molecule has 0 heterocycles. The summed E-state index contributed by atoms with van der Waals surface area (Å²) in [6.45, 7) is 2.69. The summed E-state index contributed by atoms with van der Waals surface area (Å²) < 4.78 is 13.8. The van der Waals surface area contributed by atoms with Crippen LogP contribution in [0.5, 0.6) is 0 Å². The van der Waals surface area contributed by atoms with Crippen LogP contribution in [0.4, 0.5) is 4.39 Å². The smallest absolute Gasteiger partial charge is 0.127 e. The minimum atomic E-state index is -0.0275. The first kappa shape index (κ1) is 9.34. The molecule has 0 aliphatic heterocycles. The maximum Gasteiger partial charge on any atom is 0.127 e. The SMILES string of the molecule is Cc1ccc(C23CC(CN)(C2)C3)c(F)c1. The third kappa shape index (κ3) is 1.06. The molecule has 0 spiro atoms. The predicted molar refractivity (Wildman–Crippen MR) is 58.2 cm³/mol. The first-order chi connectivity index (χ1) is 7.09. The van der Waals surface area contributed by atoms with Gasteiger partial charge in [-0.3, -0.25) is 0 Å². The van der Waals surface area contributed by atoms with Crippen LogP contribution in [0, 0.1) is 18.2 Å². The Kier molecular flexibility index (Phi) is 1.63. The molecule has 3 fully saturated rings. The normalized spacial score (nSPS) is 37.0. The van der Waals surface area contributed by atoms with Crippen molar-refractivity contribution in [3.05, 3.63) is 35.1 Å². The topological polar surface area (TPSA) is 26.0 Å². The second-order valence-electron chi connectivity index (χ2n) is 5.50. The third-order valence-corrected chi connectivity index (χ3v) is 4.27. The zero-order valence-corrected chi connectivity index (χ0v) is 9.02. The van der Waals surface area contributed by atoms with Crippen LogP contribution < -0.4 is 5.73 Å². The van der Waals surface area contributed by atoms with E-state index < -0.39 is 0 Å².